The van der Waals surface area contributed by atoms with Gasteiger partial charge in [-0.3, -0.25) is 8.42 Å². The van der Waals surface area contributed by atoms with E-state index < -0.39 is 16.1 Å². The van der Waals surface area contributed by atoms with Gasteiger partial charge in [0.05, 0.1) is 0 Å². The van der Waals surface area contributed by atoms with Crippen molar-refractivity contribution in [2.75, 3.05) is 0 Å². The summed E-state index contributed by atoms with van der Waals surface area (Å²) in [6.07, 6.45) is 1.31. The quantitative estimate of drug-likeness (QED) is 0.242. The maximum absolute atomic E-state index is 11.7. The molecule has 23 heavy (non-hydrogen) atoms. The largest absolute Gasteiger partial charge is 2.00 e. The van der Waals surface area contributed by atoms with Crippen molar-refractivity contribution in [2.24, 2.45) is 0 Å². The van der Waals surface area contributed by atoms with E-state index in [0.717, 1.165) is 0 Å². The van der Waals surface area contributed by atoms with Crippen LogP contribution < -0.4 is 21.3 Å². The van der Waals surface area contributed by atoms with Gasteiger partial charge in [-0.1, -0.05) is 0 Å². The van der Waals surface area contributed by atoms with E-state index in [9.17, 15) is 9.59 Å². The third kappa shape index (κ3) is 7.84. The predicted octanol–water partition coefficient (Wildman–Crippen LogP) is -0.695. The van der Waals surface area contributed by atoms with E-state index >= 15 is 0 Å². The Morgan fingerprint density at radius 3 is 1.30 bits per heavy atom. The van der Waals surface area contributed by atoms with Crippen molar-refractivity contribution in [2.45, 2.75) is 57.3 Å². The molecule has 12 heteroatoms. The maximum Gasteiger partial charge on any atom is 2.00 e. The zero-order valence-electron chi connectivity index (χ0n) is 13.1. The van der Waals surface area contributed by atoms with Gasteiger partial charge in [-0.05, 0) is 27.7 Å². The zero-order valence-corrected chi connectivity index (χ0v) is 15.0. The number of nitrogens with one attached hydrogen (secondary N) is 4. The van der Waals surface area contributed by atoms with Crippen molar-refractivity contribution < 1.29 is 44.2 Å². The molecule has 2 rings (SSSR count). The Balaban J connectivity index is 0.000000709. The Morgan fingerprint density at radius 1 is 0.826 bits per heavy atom. The number of hydrogen-bond acceptors (Lipinski definition) is 6. The van der Waals surface area contributed by atoms with Gasteiger partial charge in [0.2, 0.25) is 0 Å². The molecular weight excluding hydrogens is 372 g/mol. The van der Waals surface area contributed by atoms with Gasteiger partial charge in [-0.25, -0.2) is 9.59 Å². The molecule has 2 saturated heterocycles. The van der Waals surface area contributed by atoms with Gasteiger partial charge in [0.1, 0.15) is 5.66 Å². The van der Waals surface area contributed by atoms with Crippen molar-refractivity contribution in [1.29, 1.82) is 0 Å². The molecule has 2 fully saturated rings. The number of hydrogen-bond donors (Lipinski definition) is 4. The van der Waals surface area contributed by atoms with Gasteiger partial charge < -0.3 is 30.4 Å². The molecule has 0 bridgehead atoms. The van der Waals surface area contributed by atoms with Crippen LogP contribution in [-0.2, 0) is 27.5 Å². The average molecular weight is 392 g/mol. The van der Waals surface area contributed by atoms with Crippen molar-refractivity contribution in [1.82, 2.24) is 21.3 Å². The molecule has 0 aromatic rings. The standard InChI is InChI=1S/C11H20N4O2.Fe.H2O4S/c1-9(2)5-11(14-7(16)12-9)6-10(3,4)13-8(17)15-11;;1-5(2,3)4/h5-6H2,1-4H3,(H2,12,14,16)(H2,13,15,17);;(H2,1,2,3,4)/q;+2;/p-2. The third-order valence-electron chi connectivity index (χ3n) is 3.10. The van der Waals surface area contributed by atoms with Crippen LogP contribution in [0.25, 0.3) is 0 Å². The summed E-state index contributed by atoms with van der Waals surface area (Å²) in [6, 6.07) is -0.474. The molecule has 2 heterocycles. The van der Waals surface area contributed by atoms with Crippen molar-refractivity contribution in [3.63, 3.8) is 0 Å². The summed E-state index contributed by atoms with van der Waals surface area (Å²) in [6.45, 7) is 7.81. The topological polar surface area (TPSA) is 163 Å². The van der Waals surface area contributed by atoms with E-state index in [2.05, 4.69) is 21.3 Å². The Morgan fingerprint density at radius 2 is 1.09 bits per heavy atom. The summed E-state index contributed by atoms with van der Waals surface area (Å²) in [4.78, 5) is 23.4. The molecule has 0 saturated carbocycles. The van der Waals surface area contributed by atoms with Crippen LogP contribution in [0.2, 0.25) is 0 Å². The monoisotopic (exact) mass is 392 g/mol. The van der Waals surface area contributed by atoms with Crippen LogP contribution in [0.15, 0.2) is 0 Å². The molecule has 0 aromatic carbocycles. The van der Waals surface area contributed by atoms with Crippen LogP contribution in [0.4, 0.5) is 9.59 Å². The molecule has 2 aliphatic heterocycles. The van der Waals surface area contributed by atoms with Crippen LogP contribution in [-0.4, -0.2) is 46.3 Å². The fourth-order valence-electron chi connectivity index (χ4n) is 2.98. The number of carbonyl (C=O) groups excluding carboxylic acids is 2. The molecule has 1 spiro atoms. The summed E-state index contributed by atoms with van der Waals surface area (Å²) in [7, 11) is -5.17. The second kappa shape index (κ2) is 6.81. The first-order chi connectivity index (χ1) is 9.62. The Kier molecular flexibility index (Phi) is 6.50. The van der Waals surface area contributed by atoms with Crippen LogP contribution in [0, 0.1) is 0 Å². The second-order valence-corrected chi connectivity index (χ2v) is 7.59. The smallest absolute Gasteiger partial charge is 0.759 e. The van der Waals surface area contributed by atoms with Crippen LogP contribution in [0.5, 0.6) is 0 Å². The summed E-state index contributed by atoms with van der Waals surface area (Å²) >= 11 is 0. The molecule has 4 amide bonds. The van der Waals surface area contributed by atoms with Gasteiger partial charge in [-0.15, -0.1) is 0 Å². The van der Waals surface area contributed by atoms with Gasteiger partial charge in [0.15, 0.2) is 0 Å². The number of amides is 4. The Hall–Kier alpha value is -1.07. The van der Waals surface area contributed by atoms with Crippen molar-refractivity contribution in [3.8, 4) is 0 Å². The molecule has 134 valence electrons. The summed E-state index contributed by atoms with van der Waals surface area (Å²) in [5, 5.41) is 11.4. The molecule has 0 radical (unpaired) electrons. The van der Waals surface area contributed by atoms with Gasteiger partial charge >= 0.3 is 29.1 Å². The SMILES string of the molecule is CC1(C)CC2(CC(C)(C)NC(=O)N2)NC(=O)N1.O=S(=O)([O-])[O-].[Fe+2]. The zero-order chi connectivity index (χ0) is 17.4. The fourth-order valence-corrected chi connectivity index (χ4v) is 2.98. The summed E-state index contributed by atoms with van der Waals surface area (Å²) in [5.41, 5.74) is -1.32. The van der Waals surface area contributed by atoms with Crippen molar-refractivity contribution in [3.05, 3.63) is 0 Å². The minimum Gasteiger partial charge on any atom is -0.759 e. The maximum atomic E-state index is 11.7. The minimum absolute atomic E-state index is 0. The van der Waals surface area contributed by atoms with Gasteiger partial charge in [0, 0.05) is 34.3 Å². The first kappa shape index (κ1) is 21.9. The first-order valence-corrected chi connectivity index (χ1v) is 7.82. The molecule has 2 aliphatic rings. The molecule has 4 N–H and O–H groups in total. The Bertz CT molecular complexity index is 533. The van der Waals surface area contributed by atoms with Gasteiger partial charge in [-0.2, -0.15) is 0 Å². The van der Waals surface area contributed by atoms with E-state index in [1.54, 1.807) is 0 Å². The van der Waals surface area contributed by atoms with Crippen LogP contribution >= 0.6 is 0 Å². The number of rotatable bonds is 0. The predicted molar refractivity (Wildman–Crippen MR) is 73.9 cm³/mol. The van der Waals surface area contributed by atoms with Crippen molar-refractivity contribution >= 4 is 22.5 Å². The molecule has 0 aliphatic carbocycles. The van der Waals surface area contributed by atoms with E-state index in [1.807, 2.05) is 27.7 Å². The normalized spacial score (nSPS) is 23.7. The molecule has 10 nitrogen and oxygen atoms in total. The fraction of sp³-hybridized carbons (Fsp3) is 0.818. The minimum atomic E-state index is -5.17. The molecule has 0 atom stereocenters. The van der Waals surface area contributed by atoms with E-state index in [1.165, 1.54) is 0 Å². The van der Waals surface area contributed by atoms with Gasteiger partial charge in [0.25, 0.3) is 0 Å². The van der Waals surface area contributed by atoms with E-state index in [0.29, 0.717) is 12.8 Å². The van der Waals surface area contributed by atoms with E-state index in [4.69, 9.17) is 17.5 Å². The summed E-state index contributed by atoms with van der Waals surface area (Å²) < 4.78 is 34.1. The van der Waals surface area contributed by atoms with Crippen LogP contribution in [0.1, 0.15) is 40.5 Å². The Labute approximate surface area is 145 Å². The molecular formula is C11H20FeN4O6S. The molecule has 0 aromatic heterocycles. The van der Waals surface area contributed by atoms with E-state index in [-0.39, 0.29) is 40.2 Å². The second-order valence-electron chi connectivity index (χ2n) is 6.77. The summed E-state index contributed by atoms with van der Waals surface area (Å²) in [5.74, 6) is 0. The average Bonchev–Trinajstić information content (AvgIpc) is 2.03. The number of urea groups is 2. The number of carbonyl (C=O) groups is 2. The molecule has 0 unspecified atom stereocenters. The third-order valence-corrected chi connectivity index (χ3v) is 3.10. The first-order valence-electron chi connectivity index (χ1n) is 6.49. The van der Waals surface area contributed by atoms with Crippen LogP contribution in [0.3, 0.4) is 0 Å².